The monoisotopic (exact) mass is 440 g/mol. The molecule has 0 aliphatic rings. The third-order valence-electron chi connectivity index (χ3n) is 3.68. The van der Waals surface area contributed by atoms with E-state index < -0.39 is 16.0 Å². The number of aryl methyl sites for hydroxylation is 2. The van der Waals surface area contributed by atoms with Crippen LogP contribution in [0.4, 0.5) is 0 Å². The number of aromatic nitrogens is 1. The zero-order chi connectivity index (χ0) is 19.3. The molecule has 0 unspecified atom stereocenters. The molecule has 0 spiro atoms. The fourth-order valence-electron chi connectivity index (χ4n) is 2.26. The van der Waals surface area contributed by atoms with Crippen molar-refractivity contribution in [3.05, 3.63) is 57.8 Å². The second kappa shape index (κ2) is 8.75. The van der Waals surface area contributed by atoms with Crippen LogP contribution in [0.15, 0.2) is 45.8 Å². The SMILES string of the molecule is Cc1cccc(CCCOC(=O)c2ccc(Br)c(S(=O)(=O)N(C)C)c2)n1. The molecule has 0 N–H and O–H groups in total. The number of sulfonamides is 1. The topological polar surface area (TPSA) is 76.6 Å². The van der Waals surface area contributed by atoms with Crippen LogP contribution in [-0.2, 0) is 21.2 Å². The minimum absolute atomic E-state index is 0.0286. The molecule has 2 rings (SSSR count). The maximum atomic E-state index is 12.3. The second-order valence-electron chi connectivity index (χ2n) is 5.94. The predicted molar refractivity (Wildman–Crippen MR) is 103 cm³/mol. The van der Waals surface area contributed by atoms with Crippen LogP contribution in [0.3, 0.4) is 0 Å². The van der Waals surface area contributed by atoms with Gasteiger partial charge in [0.15, 0.2) is 0 Å². The molecule has 1 heterocycles. The van der Waals surface area contributed by atoms with Crippen molar-refractivity contribution in [2.24, 2.45) is 0 Å². The lowest BCUT2D eigenvalue weighted by molar-refractivity contribution is 0.0500. The lowest BCUT2D eigenvalue weighted by Gasteiger charge is -2.14. The van der Waals surface area contributed by atoms with Crippen LogP contribution in [-0.4, -0.2) is 44.4 Å². The van der Waals surface area contributed by atoms with Crippen molar-refractivity contribution in [2.75, 3.05) is 20.7 Å². The Labute approximate surface area is 162 Å². The number of carbonyl (C=O) groups excluding carboxylic acids is 1. The third kappa shape index (κ3) is 5.12. The minimum atomic E-state index is -3.66. The van der Waals surface area contributed by atoms with E-state index in [1.807, 2.05) is 25.1 Å². The van der Waals surface area contributed by atoms with Gasteiger partial charge in [0.25, 0.3) is 0 Å². The molecule has 2 aromatic rings. The van der Waals surface area contributed by atoms with Gasteiger partial charge in [-0.05, 0) is 66.0 Å². The molecule has 8 heteroatoms. The molecule has 0 radical (unpaired) electrons. The van der Waals surface area contributed by atoms with Crippen molar-refractivity contribution < 1.29 is 17.9 Å². The summed E-state index contributed by atoms with van der Waals surface area (Å²) in [6.07, 6.45) is 1.34. The number of carbonyl (C=O) groups is 1. The minimum Gasteiger partial charge on any atom is -0.462 e. The van der Waals surface area contributed by atoms with Crippen LogP contribution in [0.2, 0.25) is 0 Å². The summed E-state index contributed by atoms with van der Waals surface area (Å²) in [5.74, 6) is -0.551. The van der Waals surface area contributed by atoms with Crippen LogP contribution >= 0.6 is 15.9 Å². The average Bonchev–Trinajstić information content (AvgIpc) is 2.58. The lowest BCUT2D eigenvalue weighted by atomic mass is 10.2. The van der Waals surface area contributed by atoms with E-state index in [1.165, 1.54) is 32.3 Å². The lowest BCUT2D eigenvalue weighted by Crippen LogP contribution is -2.23. The summed E-state index contributed by atoms with van der Waals surface area (Å²) in [6, 6.07) is 10.2. The summed E-state index contributed by atoms with van der Waals surface area (Å²) in [4.78, 5) is 16.6. The first-order valence-electron chi connectivity index (χ1n) is 8.03. The van der Waals surface area contributed by atoms with E-state index in [2.05, 4.69) is 20.9 Å². The molecule has 0 saturated heterocycles. The fourth-order valence-corrected chi connectivity index (χ4v) is 4.11. The van der Waals surface area contributed by atoms with Crippen molar-refractivity contribution in [3.8, 4) is 0 Å². The molecule has 0 bridgehead atoms. The number of hydrogen-bond donors (Lipinski definition) is 0. The van der Waals surface area contributed by atoms with E-state index in [-0.39, 0.29) is 17.1 Å². The summed E-state index contributed by atoms with van der Waals surface area (Å²) >= 11 is 3.21. The number of pyridine rings is 1. The molecule has 1 aromatic heterocycles. The van der Waals surface area contributed by atoms with Gasteiger partial charge < -0.3 is 4.74 Å². The third-order valence-corrected chi connectivity index (χ3v) is 6.49. The molecule has 1 aromatic carbocycles. The van der Waals surface area contributed by atoms with E-state index in [4.69, 9.17) is 4.74 Å². The van der Waals surface area contributed by atoms with Crippen molar-refractivity contribution in [1.29, 1.82) is 0 Å². The zero-order valence-corrected chi connectivity index (χ0v) is 17.3. The second-order valence-corrected chi connectivity index (χ2v) is 8.92. The quantitative estimate of drug-likeness (QED) is 0.487. The van der Waals surface area contributed by atoms with Crippen LogP contribution in [0.25, 0.3) is 0 Å². The highest BCUT2D eigenvalue weighted by molar-refractivity contribution is 9.10. The van der Waals surface area contributed by atoms with Gasteiger partial charge in [0, 0.05) is 30.0 Å². The molecule has 0 aliphatic carbocycles. The Morgan fingerprint density at radius 3 is 2.62 bits per heavy atom. The average molecular weight is 441 g/mol. The van der Waals surface area contributed by atoms with E-state index in [0.29, 0.717) is 17.3 Å². The van der Waals surface area contributed by atoms with Crippen molar-refractivity contribution in [3.63, 3.8) is 0 Å². The summed E-state index contributed by atoms with van der Waals surface area (Å²) in [6.45, 7) is 2.16. The largest absolute Gasteiger partial charge is 0.462 e. The molecule has 0 atom stereocenters. The molecule has 0 aliphatic heterocycles. The van der Waals surface area contributed by atoms with Gasteiger partial charge in [0.2, 0.25) is 10.0 Å². The van der Waals surface area contributed by atoms with Gasteiger partial charge in [-0.15, -0.1) is 0 Å². The normalized spacial score (nSPS) is 11.6. The van der Waals surface area contributed by atoms with Crippen LogP contribution < -0.4 is 0 Å². The zero-order valence-electron chi connectivity index (χ0n) is 14.9. The van der Waals surface area contributed by atoms with Crippen molar-refractivity contribution >= 4 is 31.9 Å². The first-order chi connectivity index (χ1) is 12.2. The number of nitrogens with zero attached hydrogens (tertiary/aromatic N) is 2. The number of ether oxygens (including phenoxy) is 1. The molecule has 0 amide bonds. The summed E-state index contributed by atoms with van der Waals surface area (Å²) in [5, 5.41) is 0. The smallest absolute Gasteiger partial charge is 0.338 e. The van der Waals surface area contributed by atoms with Gasteiger partial charge in [-0.3, -0.25) is 4.98 Å². The van der Waals surface area contributed by atoms with Crippen LogP contribution in [0.5, 0.6) is 0 Å². The fraction of sp³-hybridized carbons (Fsp3) is 0.333. The number of benzene rings is 1. The van der Waals surface area contributed by atoms with Crippen molar-refractivity contribution in [1.82, 2.24) is 9.29 Å². The molecule has 140 valence electrons. The first-order valence-corrected chi connectivity index (χ1v) is 10.3. The Morgan fingerprint density at radius 2 is 1.96 bits per heavy atom. The molecule has 6 nitrogen and oxygen atoms in total. The van der Waals surface area contributed by atoms with E-state index >= 15 is 0 Å². The predicted octanol–water partition coefficient (Wildman–Crippen LogP) is 3.19. The highest BCUT2D eigenvalue weighted by Crippen LogP contribution is 2.25. The Kier molecular flexibility index (Phi) is 6.91. The summed E-state index contributed by atoms with van der Waals surface area (Å²) in [5.41, 5.74) is 2.09. The van der Waals surface area contributed by atoms with Gasteiger partial charge >= 0.3 is 5.97 Å². The Morgan fingerprint density at radius 1 is 1.23 bits per heavy atom. The van der Waals surface area contributed by atoms with Gasteiger partial charge in [0.1, 0.15) is 0 Å². The van der Waals surface area contributed by atoms with Crippen LogP contribution in [0.1, 0.15) is 28.2 Å². The highest BCUT2D eigenvalue weighted by atomic mass is 79.9. The van der Waals surface area contributed by atoms with Gasteiger partial charge in [-0.25, -0.2) is 17.5 Å². The van der Waals surface area contributed by atoms with Gasteiger partial charge in [-0.2, -0.15) is 0 Å². The summed E-state index contributed by atoms with van der Waals surface area (Å²) in [7, 11) is -0.785. The standard InChI is InChI=1S/C18H21BrN2O4S/c1-13-6-4-7-15(20-13)8-5-11-25-18(22)14-9-10-16(19)17(12-14)26(23,24)21(2)3/h4,6-7,9-10,12H,5,8,11H2,1-3H3. The summed E-state index contributed by atoms with van der Waals surface area (Å²) < 4.78 is 31.4. The Bertz CT molecular complexity index is 898. The number of hydrogen-bond acceptors (Lipinski definition) is 5. The maximum Gasteiger partial charge on any atom is 0.338 e. The number of halogens is 1. The number of rotatable bonds is 7. The molecular formula is C18H21BrN2O4S. The van der Waals surface area contributed by atoms with Crippen molar-refractivity contribution in [2.45, 2.75) is 24.7 Å². The highest BCUT2D eigenvalue weighted by Gasteiger charge is 2.22. The van der Waals surface area contributed by atoms with Gasteiger partial charge in [-0.1, -0.05) is 6.07 Å². The first kappa shape index (κ1) is 20.5. The molecule has 0 fully saturated rings. The Balaban J connectivity index is 1.99. The molecular weight excluding hydrogens is 420 g/mol. The van der Waals surface area contributed by atoms with E-state index in [0.717, 1.165) is 15.7 Å². The van der Waals surface area contributed by atoms with E-state index in [9.17, 15) is 13.2 Å². The van der Waals surface area contributed by atoms with E-state index in [1.54, 1.807) is 0 Å². The Hall–Kier alpha value is -1.77. The maximum absolute atomic E-state index is 12.3. The molecule has 26 heavy (non-hydrogen) atoms. The van der Waals surface area contributed by atoms with Gasteiger partial charge in [0.05, 0.1) is 17.1 Å². The van der Waals surface area contributed by atoms with Crippen LogP contribution in [0, 0.1) is 6.92 Å². The number of esters is 1. The molecule has 0 saturated carbocycles.